The van der Waals surface area contributed by atoms with Crippen LogP contribution in [-0.4, -0.2) is 57.2 Å². The Morgan fingerprint density at radius 2 is 1.82 bits per heavy atom. The highest BCUT2D eigenvalue weighted by atomic mass is 16.5. The van der Waals surface area contributed by atoms with E-state index in [0.29, 0.717) is 37.5 Å². The van der Waals surface area contributed by atoms with E-state index in [0.717, 1.165) is 40.0 Å². The highest BCUT2D eigenvalue weighted by Gasteiger charge is 2.38. The van der Waals surface area contributed by atoms with E-state index < -0.39 is 5.91 Å². The Labute approximate surface area is 228 Å². The number of primary amides is 1. The molecule has 8 nitrogen and oxygen atoms in total. The van der Waals surface area contributed by atoms with Crippen molar-refractivity contribution >= 4 is 22.5 Å². The molecule has 2 fully saturated rings. The first-order valence-corrected chi connectivity index (χ1v) is 13.8. The number of pyridine rings is 1. The lowest BCUT2D eigenvalue weighted by atomic mass is 9.91. The molecule has 39 heavy (non-hydrogen) atoms. The van der Waals surface area contributed by atoms with E-state index >= 15 is 0 Å². The van der Waals surface area contributed by atoms with E-state index in [9.17, 15) is 9.90 Å². The number of aromatic nitrogens is 3. The molecule has 202 valence electrons. The number of nitrogens with zero attached hydrogens (tertiary/aromatic N) is 4. The Balaban J connectivity index is 1.44. The van der Waals surface area contributed by atoms with Gasteiger partial charge in [0, 0.05) is 28.4 Å². The number of nitrogens with two attached hydrogens (primary N) is 1. The van der Waals surface area contributed by atoms with Gasteiger partial charge in [0.1, 0.15) is 5.69 Å². The summed E-state index contributed by atoms with van der Waals surface area (Å²) >= 11 is 0. The van der Waals surface area contributed by atoms with Crippen LogP contribution in [0.5, 0.6) is 0 Å². The molecule has 3 atom stereocenters. The van der Waals surface area contributed by atoms with Crippen LogP contribution < -0.4 is 10.6 Å². The number of anilines is 1. The Hall–Kier alpha value is -3.75. The van der Waals surface area contributed by atoms with Crippen molar-refractivity contribution in [3.63, 3.8) is 0 Å². The van der Waals surface area contributed by atoms with Crippen molar-refractivity contribution in [2.24, 2.45) is 11.7 Å². The number of aliphatic hydroxyl groups excluding tert-OH is 1. The van der Waals surface area contributed by atoms with Crippen molar-refractivity contribution in [3.05, 3.63) is 78.1 Å². The molecule has 2 saturated heterocycles. The van der Waals surface area contributed by atoms with Gasteiger partial charge in [0.05, 0.1) is 48.7 Å². The Bertz CT molecular complexity index is 1450. The van der Waals surface area contributed by atoms with Crippen LogP contribution in [0.1, 0.15) is 55.2 Å². The van der Waals surface area contributed by atoms with Gasteiger partial charge in [-0.15, -0.1) is 0 Å². The molecule has 0 aliphatic carbocycles. The summed E-state index contributed by atoms with van der Waals surface area (Å²) in [7, 11) is 0. The largest absolute Gasteiger partial charge is 0.393 e. The second-order valence-electron chi connectivity index (χ2n) is 11.2. The smallest absolute Gasteiger partial charge is 0.248 e. The molecule has 0 saturated carbocycles. The molecule has 2 aliphatic rings. The van der Waals surface area contributed by atoms with Crippen LogP contribution in [0.3, 0.4) is 0 Å². The fourth-order valence-corrected chi connectivity index (χ4v) is 6.21. The third kappa shape index (κ3) is 4.90. The minimum absolute atomic E-state index is 0.0553. The number of carbonyl (C=O) groups excluding carboxylic acids is 1. The summed E-state index contributed by atoms with van der Waals surface area (Å²) in [6.45, 7) is 5.66. The summed E-state index contributed by atoms with van der Waals surface area (Å²) < 4.78 is 7.84. The Morgan fingerprint density at radius 3 is 2.46 bits per heavy atom. The third-order valence-corrected chi connectivity index (χ3v) is 7.94. The number of fused-ring (bicyclic) bond motifs is 3. The second-order valence-corrected chi connectivity index (χ2v) is 11.2. The first kappa shape index (κ1) is 25.5. The first-order valence-electron chi connectivity index (χ1n) is 13.8. The van der Waals surface area contributed by atoms with Crippen molar-refractivity contribution in [1.82, 2.24) is 14.8 Å². The maximum atomic E-state index is 12.1. The normalized spacial score (nSPS) is 21.8. The van der Waals surface area contributed by atoms with E-state index in [2.05, 4.69) is 52.7 Å². The summed E-state index contributed by atoms with van der Waals surface area (Å²) in [5.41, 5.74) is 10.9. The van der Waals surface area contributed by atoms with Gasteiger partial charge in [-0.2, -0.15) is 5.10 Å². The van der Waals surface area contributed by atoms with Gasteiger partial charge in [0.2, 0.25) is 5.91 Å². The number of carbonyl (C=O) groups is 1. The molecule has 1 amide bonds. The number of piperidine rings is 1. The molecule has 6 rings (SSSR count). The second kappa shape index (κ2) is 10.4. The van der Waals surface area contributed by atoms with Crippen LogP contribution in [-0.2, 0) is 4.74 Å². The molecule has 2 aliphatic heterocycles. The summed E-state index contributed by atoms with van der Waals surface area (Å²) in [4.78, 5) is 19.2. The van der Waals surface area contributed by atoms with Crippen LogP contribution in [0.4, 0.5) is 5.69 Å². The topological polar surface area (TPSA) is 106 Å². The molecule has 2 aromatic heterocycles. The van der Waals surface area contributed by atoms with E-state index in [1.165, 1.54) is 0 Å². The number of rotatable bonds is 7. The predicted molar refractivity (Wildman–Crippen MR) is 152 cm³/mol. The predicted octanol–water partition coefficient (Wildman–Crippen LogP) is 4.56. The minimum Gasteiger partial charge on any atom is -0.393 e. The van der Waals surface area contributed by atoms with Gasteiger partial charge in [0.15, 0.2) is 0 Å². The van der Waals surface area contributed by atoms with Crippen LogP contribution in [0, 0.1) is 5.92 Å². The molecule has 0 radical (unpaired) electrons. The highest BCUT2D eigenvalue weighted by molar-refractivity contribution is 6.01. The summed E-state index contributed by atoms with van der Waals surface area (Å²) in [5.74, 6) is -0.0363. The van der Waals surface area contributed by atoms with Crippen LogP contribution in [0.25, 0.3) is 22.2 Å². The van der Waals surface area contributed by atoms with E-state index in [4.69, 9.17) is 15.6 Å². The Kier molecular flexibility index (Phi) is 6.83. The average molecular weight is 526 g/mol. The van der Waals surface area contributed by atoms with Crippen LogP contribution in [0.2, 0.25) is 0 Å². The van der Waals surface area contributed by atoms with Crippen molar-refractivity contribution < 1.29 is 14.6 Å². The van der Waals surface area contributed by atoms with Crippen molar-refractivity contribution in [2.45, 2.75) is 57.3 Å². The molecule has 2 aromatic carbocycles. The van der Waals surface area contributed by atoms with Crippen molar-refractivity contribution in [2.75, 3.05) is 18.1 Å². The zero-order valence-electron chi connectivity index (χ0n) is 22.4. The monoisotopic (exact) mass is 525 g/mol. The maximum absolute atomic E-state index is 12.1. The number of aliphatic hydroxyl groups is 1. The van der Waals surface area contributed by atoms with E-state index in [1.807, 2.05) is 36.5 Å². The van der Waals surface area contributed by atoms with Gasteiger partial charge in [-0.1, -0.05) is 32.0 Å². The number of hydrogen-bond donors (Lipinski definition) is 2. The lowest BCUT2D eigenvalue weighted by Crippen LogP contribution is -2.58. The Morgan fingerprint density at radius 1 is 1.08 bits per heavy atom. The van der Waals surface area contributed by atoms with Gasteiger partial charge >= 0.3 is 0 Å². The first-order chi connectivity index (χ1) is 18.9. The molecule has 2 unspecified atom stereocenters. The lowest BCUT2D eigenvalue weighted by molar-refractivity contribution is 0.00124. The molecule has 4 heterocycles. The maximum Gasteiger partial charge on any atom is 0.248 e. The summed E-state index contributed by atoms with van der Waals surface area (Å²) in [5, 5.41) is 16.3. The molecule has 3 N–H and O–H groups in total. The zero-order chi connectivity index (χ0) is 27.1. The van der Waals surface area contributed by atoms with Gasteiger partial charge in [-0.3, -0.25) is 14.5 Å². The summed E-state index contributed by atoms with van der Waals surface area (Å²) in [6, 6.07) is 20.3. The van der Waals surface area contributed by atoms with Gasteiger partial charge in [-0.25, -0.2) is 0 Å². The molecular formula is C31H35N5O3. The van der Waals surface area contributed by atoms with E-state index in [-0.39, 0.29) is 24.2 Å². The quantitative estimate of drug-likeness (QED) is 0.366. The number of morpholine rings is 1. The molecular weight excluding hydrogens is 490 g/mol. The SMILES string of the molecule is CC(C)C[C@@H](c1ccccn1)n1nc(-c2ccc(N3C4COCC3CC(O)C4)cc2)c2cc(C(N)=O)ccc21. The van der Waals surface area contributed by atoms with E-state index in [1.54, 1.807) is 6.07 Å². The van der Waals surface area contributed by atoms with Gasteiger partial charge in [0.25, 0.3) is 0 Å². The number of hydrogen-bond acceptors (Lipinski definition) is 6. The molecule has 0 spiro atoms. The number of benzene rings is 2. The fraction of sp³-hybridized carbons (Fsp3) is 0.387. The van der Waals surface area contributed by atoms with Gasteiger partial charge < -0.3 is 20.5 Å². The minimum atomic E-state index is -0.463. The summed E-state index contributed by atoms with van der Waals surface area (Å²) in [6.07, 6.45) is 3.85. The average Bonchev–Trinajstić information content (AvgIpc) is 3.30. The molecule has 4 aromatic rings. The molecule has 2 bridgehead atoms. The van der Waals surface area contributed by atoms with Crippen LogP contribution >= 0.6 is 0 Å². The van der Waals surface area contributed by atoms with Crippen molar-refractivity contribution in [3.8, 4) is 11.3 Å². The van der Waals surface area contributed by atoms with Gasteiger partial charge in [-0.05, 0) is 67.6 Å². The standard InChI is InChI=1S/C31H35N5O3/c1-19(2)13-29(27-5-3-4-12-33-27)36-28-11-8-21(31(32)38)14-26(28)30(34-36)20-6-9-22(10-7-20)35-23-15-25(37)16-24(35)18-39-17-23/h3-12,14,19,23-25,29,37H,13,15-18H2,1-2H3,(H2,32,38)/t23?,24?,25?,29-/m0/s1. The number of ether oxygens (including phenoxy) is 1. The van der Waals surface area contributed by atoms with Crippen LogP contribution in [0.15, 0.2) is 66.9 Å². The highest BCUT2D eigenvalue weighted by Crippen LogP contribution is 2.37. The lowest BCUT2D eigenvalue weighted by Gasteiger charge is -2.48. The fourth-order valence-electron chi connectivity index (χ4n) is 6.21. The number of amides is 1. The van der Waals surface area contributed by atoms with Crippen molar-refractivity contribution in [1.29, 1.82) is 0 Å². The zero-order valence-corrected chi connectivity index (χ0v) is 22.4. The molecule has 8 heteroatoms. The third-order valence-electron chi connectivity index (χ3n) is 7.94.